The second kappa shape index (κ2) is 20.4. The fourth-order valence-electron chi connectivity index (χ4n) is 5.77. The number of nitrogen functional groups attached to an aromatic ring is 1. The number of nitrogens with zero attached hydrogens (tertiary/aromatic N) is 4. The highest BCUT2D eigenvalue weighted by Gasteiger charge is 2.50. The summed E-state index contributed by atoms with van der Waals surface area (Å²) in [4.78, 5) is 104. The van der Waals surface area contributed by atoms with Crippen molar-refractivity contribution in [3.05, 3.63) is 56.8 Å². The third kappa shape index (κ3) is 13.3. The predicted molar refractivity (Wildman–Crippen MR) is 221 cm³/mol. The fraction of sp³-hybridized carbons (Fsp3) is 0.452. The van der Waals surface area contributed by atoms with Crippen molar-refractivity contribution >= 4 is 103 Å². The topological polar surface area (TPSA) is 396 Å². The van der Waals surface area contributed by atoms with E-state index in [-0.39, 0.29) is 68.9 Å². The van der Waals surface area contributed by atoms with Crippen LogP contribution in [-0.4, -0.2) is 128 Å². The number of phosphoric acid groups is 3. The number of carbonyl (C=O) groups excluding carboxylic acids is 3. The van der Waals surface area contributed by atoms with Crippen LogP contribution in [0, 0.1) is 5.41 Å². The minimum atomic E-state index is -5.61. The molecule has 4 heterocycles. The third-order valence-corrected chi connectivity index (χ3v) is 13.3. The average molecular weight is 1010 g/mol. The van der Waals surface area contributed by atoms with Crippen molar-refractivity contribution in [2.24, 2.45) is 5.41 Å². The number of aromatic nitrogens is 5. The number of aliphatic hydroxyl groups excluding tert-OH is 2. The van der Waals surface area contributed by atoms with Gasteiger partial charge in [-0.1, -0.05) is 48.8 Å². The number of rotatable bonds is 20. The largest absolute Gasteiger partial charge is 0.481 e. The molecule has 1 aliphatic heterocycles. The Labute approximate surface area is 368 Å². The van der Waals surface area contributed by atoms with E-state index >= 15 is 0 Å². The first-order chi connectivity index (χ1) is 29.3. The number of halogens is 2. The van der Waals surface area contributed by atoms with Gasteiger partial charge in [-0.2, -0.15) is 4.31 Å². The summed E-state index contributed by atoms with van der Waals surface area (Å²) in [6.45, 7) is 0.121. The summed E-state index contributed by atoms with van der Waals surface area (Å²) in [5.74, 6) is -1.51. The molecule has 11 N–H and O–H groups in total. The number of thioether (sulfide) groups is 1. The molecule has 0 aliphatic carbocycles. The first-order valence-electron chi connectivity index (χ1n) is 17.9. The van der Waals surface area contributed by atoms with Crippen molar-refractivity contribution in [1.82, 2.24) is 35.1 Å². The summed E-state index contributed by atoms with van der Waals surface area (Å²) in [5.41, 5.74) is 3.97. The molecule has 4 aromatic rings. The highest BCUT2D eigenvalue weighted by atomic mass is 35.5. The summed E-state index contributed by atoms with van der Waals surface area (Å²) >= 11 is 12.9. The SMILES string of the molecule is CC(C)(COP(=O)(O)OP(=O)(O)OCC1OC(n2cnc3c(N)ncnc32)C(O)C1OP(=O)(O)O)C(O)C(=O)NCCC(=O)NCCSC(=O)c1cc(=O)c2c(Cl)cc(Cl)cc2[nH]1. The Morgan fingerprint density at radius 1 is 1.05 bits per heavy atom. The van der Waals surface area contributed by atoms with Crippen molar-refractivity contribution in [3.63, 3.8) is 0 Å². The van der Waals surface area contributed by atoms with Gasteiger partial charge in [0.25, 0.3) is 0 Å². The van der Waals surface area contributed by atoms with E-state index in [1.165, 1.54) is 26.0 Å². The smallest absolute Gasteiger partial charge is 0.386 e. The van der Waals surface area contributed by atoms with Crippen LogP contribution in [0.3, 0.4) is 0 Å². The maximum atomic E-state index is 12.7. The number of imidazole rings is 1. The van der Waals surface area contributed by atoms with Crippen molar-refractivity contribution in [2.45, 2.75) is 50.9 Å². The van der Waals surface area contributed by atoms with Crippen LogP contribution in [-0.2, 0) is 45.9 Å². The molecule has 5 rings (SSSR count). The van der Waals surface area contributed by atoms with Gasteiger partial charge in [-0.25, -0.2) is 28.6 Å². The molecule has 7 atom stereocenters. The molecule has 1 fully saturated rings. The van der Waals surface area contributed by atoms with Crippen LogP contribution < -0.4 is 21.8 Å². The first kappa shape index (κ1) is 50.6. The number of ether oxygens (including phenoxy) is 1. The second-order valence-electron chi connectivity index (χ2n) is 14.1. The van der Waals surface area contributed by atoms with Crippen molar-refractivity contribution < 1.29 is 80.5 Å². The van der Waals surface area contributed by atoms with E-state index in [1.807, 2.05) is 0 Å². The number of hydrogen-bond donors (Lipinski definition) is 10. The van der Waals surface area contributed by atoms with Gasteiger partial charge in [0.15, 0.2) is 23.1 Å². The minimum absolute atomic E-state index is 0.00538. The molecule has 3 aromatic heterocycles. The van der Waals surface area contributed by atoms with Gasteiger partial charge >= 0.3 is 23.5 Å². The van der Waals surface area contributed by atoms with Gasteiger partial charge in [0.1, 0.15) is 36.3 Å². The zero-order chi connectivity index (χ0) is 46.7. The number of anilines is 1. The van der Waals surface area contributed by atoms with Crippen molar-refractivity contribution in [3.8, 4) is 0 Å². The Kier molecular flexibility index (Phi) is 16.4. The van der Waals surface area contributed by atoms with Crippen LogP contribution in [0.2, 0.25) is 10.0 Å². The molecule has 346 valence electrons. The number of aliphatic hydroxyl groups is 2. The highest BCUT2D eigenvalue weighted by Crippen LogP contribution is 2.61. The number of nitrogens with one attached hydrogen (secondary N) is 3. The maximum Gasteiger partial charge on any atom is 0.481 e. The molecule has 0 radical (unpaired) electrons. The number of H-pyrrole nitrogens is 1. The number of benzene rings is 1. The van der Waals surface area contributed by atoms with Gasteiger partial charge in [-0.3, -0.25) is 37.3 Å². The highest BCUT2D eigenvalue weighted by molar-refractivity contribution is 8.14. The number of fused-ring (bicyclic) bond motifs is 2. The van der Waals surface area contributed by atoms with Gasteiger partial charge in [0.05, 0.1) is 41.2 Å². The Balaban J connectivity index is 1.05. The Morgan fingerprint density at radius 3 is 2.44 bits per heavy atom. The number of amides is 2. The number of carbonyl (C=O) groups is 3. The monoisotopic (exact) mass is 1010 g/mol. The second-order valence-corrected chi connectivity index (χ2v) is 20.2. The molecule has 1 aromatic carbocycles. The lowest BCUT2D eigenvalue weighted by atomic mass is 9.87. The lowest BCUT2D eigenvalue weighted by molar-refractivity contribution is -0.137. The van der Waals surface area contributed by atoms with Crippen molar-refractivity contribution in [2.75, 3.05) is 37.8 Å². The van der Waals surface area contributed by atoms with E-state index in [0.29, 0.717) is 0 Å². The summed E-state index contributed by atoms with van der Waals surface area (Å²) in [5, 5.41) is 26.4. The molecule has 32 heteroatoms. The molecule has 7 unspecified atom stereocenters. The van der Waals surface area contributed by atoms with Crippen molar-refractivity contribution in [1.29, 1.82) is 0 Å². The van der Waals surface area contributed by atoms with Crippen LogP contribution in [0.4, 0.5) is 5.82 Å². The molecular weight excluding hydrogens is 968 g/mol. The van der Waals surface area contributed by atoms with E-state index in [2.05, 4.69) is 39.4 Å². The summed E-state index contributed by atoms with van der Waals surface area (Å²) in [6.07, 6.45) is -7.16. The van der Waals surface area contributed by atoms with E-state index in [1.54, 1.807) is 0 Å². The standard InChI is InChI=1S/C31H39Cl2N8O18P3S/c1-31(2,25(45)28(46)36-4-3-20(43)35-5-6-63-30(47)17-9-18(42)21-15(33)7-14(32)8-16(21)40-17)11-56-62(53,54)59-61(51,52)55-10-19-24(58-60(48,49)50)23(44)29(57-19)41-13-39-22-26(34)37-12-38-27(22)41/h7-9,12-13,19,23-25,29,44-45H,3-6,10-11H2,1-2H3,(H,35,43)(H,36,46)(H,40,42)(H,51,52)(H,53,54)(H2,34,37,38)(H2,48,49,50). The average Bonchev–Trinajstić information content (AvgIpc) is 3.73. The van der Waals surface area contributed by atoms with E-state index < -0.39 is 95.1 Å². The number of aromatic amines is 1. The lowest BCUT2D eigenvalue weighted by Gasteiger charge is -2.30. The van der Waals surface area contributed by atoms with Gasteiger partial charge in [0.2, 0.25) is 16.9 Å². The number of hydrogen-bond acceptors (Lipinski definition) is 19. The van der Waals surface area contributed by atoms with E-state index in [9.17, 15) is 62.7 Å². The quantitative estimate of drug-likeness (QED) is 0.0438. The maximum absolute atomic E-state index is 12.7. The normalized spacial score (nSPS) is 20.6. The Morgan fingerprint density at radius 2 is 1.75 bits per heavy atom. The van der Waals surface area contributed by atoms with Crippen LogP contribution in [0.15, 0.2) is 35.6 Å². The van der Waals surface area contributed by atoms with E-state index in [4.69, 9.17) is 42.7 Å². The number of nitrogens with two attached hydrogens (primary N) is 1. The van der Waals surface area contributed by atoms with Crippen LogP contribution >= 0.6 is 58.4 Å². The minimum Gasteiger partial charge on any atom is -0.386 e. The van der Waals surface area contributed by atoms with Crippen LogP contribution in [0.5, 0.6) is 0 Å². The third-order valence-electron chi connectivity index (χ3n) is 8.80. The number of phosphoric ester groups is 3. The molecule has 0 saturated carbocycles. The molecule has 2 amide bonds. The molecule has 0 bridgehead atoms. The van der Waals surface area contributed by atoms with Gasteiger partial charge in [-0.05, 0) is 12.1 Å². The molecular formula is C31H39Cl2N8O18P3S. The Hall–Kier alpha value is -3.43. The van der Waals surface area contributed by atoms with Gasteiger partial charge in [0, 0.05) is 41.8 Å². The summed E-state index contributed by atoms with van der Waals surface area (Å²) < 4.78 is 62.2. The molecule has 0 spiro atoms. The number of pyridine rings is 1. The molecule has 1 aliphatic rings. The molecule has 63 heavy (non-hydrogen) atoms. The molecule has 26 nitrogen and oxygen atoms in total. The predicted octanol–water partition coefficient (Wildman–Crippen LogP) is 1.13. The van der Waals surface area contributed by atoms with Crippen LogP contribution in [0.1, 0.15) is 37.0 Å². The fourth-order valence-corrected chi connectivity index (χ4v) is 9.84. The first-order valence-corrected chi connectivity index (χ1v) is 24.1. The molecule has 1 saturated heterocycles. The summed E-state index contributed by atoms with van der Waals surface area (Å²) in [6, 6.07) is 3.95. The van der Waals surface area contributed by atoms with E-state index in [0.717, 1.165) is 35.0 Å². The summed E-state index contributed by atoms with van der Waals surface area (Å²) in [7, 11) is -16.5. The van der Waals surface area contributed by atoms with Gasteiger partial charge in [-0.15, -0.1) is 0 Å². The van der Waals surface area contributed by atoms with Crippen LogP contribution in [0.25, 0.3) is 22.1 Å². The zero-order valence-corrected chi connectivity index (χ0v) is 37.5. The van der Waals surface area contributed by atoms with Gasteiger partial charge < -0.3 is 55.9 Å². The Bertz CT molecular complexity index is 2580. The zero-order valence-electron chi connectivity index (χ0n) is 32.5. The lowest BCUT2D eigenvalue weighted by Crippen LogP contribution is -2.46.